The molecule has 0 spiro atoms. The molecule has 0 saturated carbocycles. The molecule has 3 rings (SSSR count). The van der Waals surface area contributed by atoms with Gasteiger partial charge in [0.15, 0.2) is 0 Å². The zero-order valence-corrected chi connectivity index (χ0v) is 16.1. The van der Waals surface area contributed by atoms with E-state index in [0.717, 1.165) is 28.6 Å². The first-order valence-electron chi connectivity index (χ1n) is 8.34. The average Bonchev–Trinajstić information content (AvgIpc) is 3.30. The van der Waals surface area contributed by atoms with E-state index >= 15 is 0 Å². The second-order valence-electron chi connectivity index (χ2n) is 5.78. The summed E-state index contributed by atoms with van der Waals surface area (Å²) in [4.78, 5) is 31.3. The molecule has 0 bridgehead atoms. The summed E-state index contributed by atoms with van der Waals surface area (Å²) in [7, 11) is 1.83. The number of amides is 1. The van der Waals surface area contributed by atoms with Crippen LogP contribution in [0, 0.1) is 6.92 Å². The molecular formula is C19H22N4O3S. The fraction of sp³-hybridized carbons (Fsp3) is 0.263. The molecule has 1 aromatic carbocycles. The van der Waals surface area contributed by atoms with Crippen LogP contribution in [0.2, 0.25) is 0 Å². The number of carboxylic acid groups (broad SMARTS) is 1. The lowest BCUT2D eigenvalue weighted by Crippen LogP contribution is -2.31. The van der Waals surface area contributed by atoms with Crippen LogP contribution in [0.1, 0.15) is 11.5 Å². The van der Waals surface area contributed by atoms with Crippen molar-refractivity contribution in [3.63, 3.8) is 0 Å². The van der Waals surface area contributed by atoms with Gasteiger partial charge in [0.1, 0.15) is 10.8 Å². The van der Waals surface area contributed by atoms with Crippen molar-refractivity contribution in [1.29, 1.82) is 0 Å². The summed E-state index contributed by atoms with van der Waals surface area (Å²) in [6, 6.07) is 10.0. The maximum Gasteiger partial charge on any atom is 0.290 e. The normalized spacial score (nSPS) is 10.0. The summed E-state index contributed by atoms with van der Waals surface area (Å²) in [5, 5.41) is 9.81. The number of hydrogen-bond donors (Lipinski definition) is 1. The molecule has 0 saturated heterocycles. The highest BCUT2D eigenvalue weighted by Gasteiger charge is 2.13. The molecule has 0 aliphatic carbocycles. The van der Waals surface area contributed by atoms with Crippen molar-refractivity contribution < 1.29 is 14.7 Å². The number of likely N-dealkylation sites (N-methyl/N-ethyl adjacent to an activating group) is 1. The van der Waals surface area contributed by atoms with E-state index in [4.69, 9.17) is 9.90 Å². The molecule has 3 aromatic rings. The van der Waals surface area contributed by atoms with E-state index in [2.05, 4.69) is 9.97 Å². The Kier molecular flexibility index (Phi) is 7.69. The van der Waals surface area contributed by atoms with E-state index in [1.807, 2.05) is 60.4 Å². The fourth-order valence-electron chi connectivity index (χ4n) is 2.41. The minimum absolute atomic E-state index is 0.0812. The lowest BCUT2D eigenvalue weighted by molar-refractivity contribution is -0.129. The summed E-state index contributed by atoms with van der Waals surface area (Å²) in [5.74, 6) is 1.04. The maximum absolute atomic E-state index is 12.4. The number of benzene rings is 1. The van der Waals surface area contributed by atoms with Crippen LogP contribution in [0.25, 0.3) is 10.6 Å². The highest BCUT2D eigenvalue weighted by atomic mass is 32.1. The Labute approximate surface area is 161 Å². The zero-order chi connectivity index (χ0) is 19.6. The molecule has 1 N–H and O–H groups in total. The maximum atomic E-state index is 12.4. The van der Waals surface area contributed by atoms with Crippen molar-refractivity contribution in [3.8, 4) is 10.6 Å². The van der Waals surface area contributed by atoms with Gasteiger partial charge >= 0.3 is 0 Å². The first-order valence-corrected chi connectivity index (χ1v) is 9.22. The van der Waals surface area contributed by atoms with Crippen molar-refractivity contribution in [2.24, 2.45) is 0 Å². The number of aryl methyl sites for hydroxylation is 1. The summed E-state index contributed by atoms with van der Waals surface area (Å²) in [6.07, 6.45) is 4.04. The third kappa shape index (κ3) is 6.03. The highest BCUT2D eigenvalue weighted by molar-refractivity contribution is 7.13. The molecule has 0 aliphatic heterocycles. The summed E-state index contributed by atoms with van der Waals surface area (Å²) in [5.41, 5.74) is 1.92. The Morgan fingerprint density at radius 3 is 2.67 bits per heavy atom. The first kappa shape index (κ1) is 20.3. The molecule has 0 fully saturated rings. The van der Waals surface area contributed by atoms with Crippen molar-refractivity contribution in [1.82, 2.24) is 19.4 Å². The Morgan fingerprint density at radius 2 is 2.04 bits per heavy atom. The molecule has 2 aromatic heterocycles. The number of carbonyl (C=O) groups is 2. The van der Waals surface area contributed by atoms with Crippen LogP contribution in [-0.4, -0.2) is 50.5 Å². The number of thiazole rings is 1. The SMILES string of the molecule is Cc1nccn1CCN(C)C(=O)Cc1csc(-c2ccccc2)n1.O=CO. The number of hydrogen-bond acceptors (Lipinski definition) is 5. The molecule has 8 heteroatoms. The van der Waals surface area contributed by atoms with E-state index in [1.54, 1.807) is 22.4 Å². The van der Waals surface area contributed by atoms with E-state index in [-0.39, 0.29) is 12.4 Å². The Bertz CT molecular complexity index is 861. The van der Waals surface area contributed by atoms with Gasteiger partial charge in [-0.2, -0.15) is 0 Å². The molecule has 1 amide bonds. The molecule has 27 heavy (non-hydrogen) atoms. The van der Waals surface area contributed by atoms with Crippen LogP contribution in [0.4, 0.5) is 0 Å². The second-order valence-corrected chi connectivity index (χ2v) is 6.63. The number of carbonyl (C=O) groups excluding carboxylic acids is 1. The molecule has 7 nitrogen and oxygen atoms in total. The average molecular weight is 386 g/mol. The van der Waals surface area contributed by atoms with E-state index in [1.165, 1.54) is 0 Å². The highest BCUT2D eigenvalue weighted by Crippen LogP contribution is 2.23. The van der Waals surface area contributed by atoms with Gasteiger partial charge in [-0.25, -0.2) is 9.97 Å². The second kappa shape index (κ2) is 10.2. The molecule has 2 heterocycles. The molecule has 0 radical (unpaired) electrons. The van der Waals surface area contributed by atoms with Gasteiger partial charge in [0, 0.05) is 43.5 Å². The van der Waals surface area contributed by atoms with Crippen LogP contribution < -0.4 is 0 Å². The molecule has 0 unspecified atom stereocenters. The largest absolute Gasteiger partial charge is 0.483 e. The van der Waals surface area contributed by atoms with E-state index < -0.39 is 0 Å². The van der Waals surface area contributed by atoms with Gasteiger partial charge in [-0.1, -0.05) is 30.3 Å². The monoisotopic (exact) mass is 386 g/mol. The fourth-order valence-corrected chi connectivity index (χ4v) is 3.24. The predicted molar refractivity (Wildman–Crippen MR) is 105 cm³/mol. The number of nitrogens with zero attached hydrogens (tertiary/aromatic N) is 4. The summed E-state index contributed by atoms with van der Waals surface area (Å²) >= 11 is 1.58. The standard InChI is InChI=1S/C18H20N4OS.CH2O2/c1-14-19-8-9-22(14)11-10-21(2)17(23)12-16-13-24-18(20-16)15-6-4-3-5-7-15;2-1-3/h3-9,13H,10-12H2,1-2H3;1H,(H,2,3). The van der Waals surface area contributed by atoms with Crippen LogP contribution >= 0.6 is 11.3 Å². The van der Waals surface area contributed by atoms with Gasteiger partial charge in [-0.15, -0.1) is 11.3 Å². The molecule has 142 valence electrons. The number of aromatic nitrogens is 3. The van der Waals surface area contributed by atoms with E-state index in [9.17, 15) is 4.79 Å². The Hall–Kier alpha value is -3.00. The van der Waals surface area contributed by atoms with Crippen LogP contribution in [0.15, 0.2) is 48.1 Å². The third-order valence-corrected chi connectivity index (χ3v) is 4.87. The first-order chi connectivity index (χ1) is 13.0. The smallest absolute Gasteiger partial charge is 0.290 e. The van der Waals surface area contributed by atoms with Gasteiger partial charge in [0.05, 0.1) is 12.1 Å². The van der Waals surface area contributed by atoms with E-state index in [0.29, 0.717) is 13.0 Å². The zero-order valence-electron chi connectivity index (χ0n) is 15.3. The van der Waals surface area contributed by atoms with Gasteiger partial charge in [-0.3, -0.25) is 9.59 Å². The number of imidazole rings is 1. The van der Waals surface area contributed by atoms with Gasteiger partial charge in [0.25, 0.3) is 6.47 Å². The minimum atomic E-state index is -0.250. The van der Waals surface area contributed by atoms with Crippen molar-refractivity contribution in [2.45, 2.75) is 19.9 Å². The summed E-state index contributed by atoms with van der Waals surface area (Å²) < 4.78 is 2.04. The number of rotatable bonds is 6. The third-order valence-electron chi connectivity index (χ3n) is 3.93. The Balaban J connectivity index is 0.000000817. The minimum Gasteiger partial charge on any atom is -0.483 e. The van der Waals surface area contributed by atoms with Crippen molar-refractivity contribution in [2.75, 3.05) is 13.6 Å². The summed E-state index contributed by atoms with van der Waals surface area (Å²) in [6.45, 7) is 3.12. The molecule has 0 atom stereocenters. The van der Waals surface area contributed by atoms with Gasteiger partial charge < -0.3 is 14.6 Å². The topological polar surface area (TPSA) is 88.3 Å². The Morgan fingerprint density at radius 1 is 1.33 bits per heavy atom. The van der Waals surface area contributed by atoms with Gasteiger partial charge in [-0.05, 0) is 6.92 Å². The quantitative estimate of drug-likeness (QED) is 0.658. The molecular weight excluding hydrogens is 364 g/mol. The van der Waals surface area contributed by atoms with Crippen LogP contribution in [0.3, 0.4) is 0 Å². The molecule has 0 aliphatic rings. The van der Waals surface area contributed by atoms with Crippen LogP contribution in [-0.2, 0) is 22.6 Å². The lowest BCUT2D eigenvalue weighted by Gasteiger charge is -2.17. The van der Waals surface area contributed by atoms with Crippen molar-refractivity contribution in [3.05, 3.63) is 59.6 Å². The van der Waals surface area contributed by atoms with Crippen molar-refractivity contribution >= 4 is 23.7 Å². The lowest BCUT2D eigenvalue weighted by atomic mass is 10.2. The predicted octanol–water partition coefficient (Wildman–Crippen LogP) is 2.72. The van der Waals surface area contributed by atoms with Gasteiger partial charge in [0.2, 0.25) is 5.91 Å². The van der Waals surface area contributed by atoms with Crippen LogP contribution in [0.5, 0.6) is 0 Å².